The van der Waals surface area contributed by atoms with Gasteiger partial charge in [-0.2, -0.15) is 0 Å². The average molecular weight is 343 g/mol. The maximum atomic E-state index is 11.9. The van der Waals surface area contributed by atoms with E-state index in [2.05, 4.69) is 10.3 Å². The van der Waals surface area contributed by atoms with Gasteiger partial charge in [-0.25, -0.2) is 9.59 Å². The van der Waals surface area contributed by atoms with Gasteiger partial charge < -0.3 is 14.8 Å². The van der Waals surface area contributed by atoms with Crippen LogP contribution in [0, 0.1) is 0 Å². The van der Waals surface area contributed by atoms with Crippen molar-refractivity contribution in [2.24, 2.45) is 4.99 Å². The Balaban J connectivity index is 1.79. The molecule has 25 heavy (non-hydrogen) atoms. The topological polar surface area (TPSA) is 97.3 Å². The number of cyclic esters (lactones) is 2. The lowest BCUT2D eigenvalue weighted by Gasteiger charge is -2.29. The van der Waals surface area contributed by atoms with E-state index in [1.807, 2.05) is 0 Å². The van der Waals surface area contributed by atoms with Gasteiger partial charge in [0.2, 0.25) is 0 Å². The summed E-state index contributed by atoms with van der Waals surface area (Å²) in [5.74, 6) is -2.31. The molecule has 1 saturated heterocycles. The third-order valence-corrected chi connectivity index (χ3v) is 3.62. The van der Waals surface area contributed by atoms with E-state index >= 15 is 0 Å². The predicted molar refractivity (Wildman–Crippen MR) is 89.9 cm³/mol. The number of carbonyl (C=O) groups excluding carboxylic acids is 3. The van der Waals surface area contributed by atoms with Crippen molar-refractivity contribution in [2.45, 2.75) is 26.6 Å². The highest BCUT2D eigenvalue weighted by Gasteiger charge is 2.38. The summed E-state index contributed by atoms with van der Waals surface area (Å²) in [6.45, 7) is 4.84. The first-order chi connectivity index (χ1) is 11.8. The highest BCUT2D eigenvalue weighted by atomic mass is 16.7. The number of nitrogens with zero attached hydrogens (tertiary/aromatic N) is 2. The first-order valence-corrected chi connectivity index (χ1v) is 7.64. The molecule has 0 atom stereocenters. The van der Waals surface area contributed by atoms with Gasteiger partial charge in [0.25, 0.3) is 11.7 Å². The van der Waals surface area contributed by atoms with Crippen LogP contribution in [0.25, 0.3) is 0 Å². The Kier molecular flexibility index (Phi) is 4.03. The summed E-state index contributed by atoms with van der Waals surface area (Å²) >= 11 is 0. The summed E-state index contributed by atoms with van der Waals surface area (Å²) in [5, 5.41) is 2.85. The summed E-state index contributed by atoms with van der Waals surface area (Å²) in [4.78, 5) is 41.3. The highest BCUT2D eigenvalue weighted by molar-refractivity contribution is 6.20. The van der Waals surface area contributed by atoms with Crippen LogP contribution in [0.2, 0.25) is 0 Å². The van der Waals surface area contributed by atoms with Crippen LogP contribution in [0.5, 0.6) is 0 Å². The number of esters is 2. The number of rotatable bonds is 3. The molecular weight excluding hydrogens is 326 g/mol. The number of hydrogen-bond donors (Lipinski definition) is 1. The number of benzene rings is 1. The van der Waals surface area contributed by atoms with Gasteiger partial charge in [0, 0.05) is 25.7 Å². The molecule has 0 unspecified atom stereocenters. The number of amidine groups is 1. The first kappa shape index (κ1) is 16.7. The lowest BCUT2D eigenvalue weighted by atomic mass is 10.2. The number of aliphatic imine (C=N–C) groups is 1. The molecule has 2 aliphatic heterocycles. The molecule has 0 aromatic heterocycles. The second-order valence-electron chi connectivity index (χ2n) is 6.02. The van der Waals surface area contributed by atoms with Crippen molar-refractivity contribution in [1.82, 2.24) is 0 Å². The van der Waals surface area contributed by atoms with Crippen LogP contribution in [0.3, 0.4) is 0 Å². The predicted octanol–water partition coefficient (Wildman–Crippen LogP) is 1.58. The molecule has 1 aromatic carbocycles. The highest BCUT2D eigenvalue weighted by Crippen LogP contribution is 2.25. The monoisotopic (exact) mass is 343 g/mol. The van der Waals surface area contributed by atoms with Gasteiger partial charge in [-0.05, 0) is 25.1 Å². The standard InChI is InChI=1S/C17H17N3O5/c1-10-18-9-14(21)20(10)12-6-4-5-11(7-12)19-8-13-15(22)24-17(2,3)25-16(13)23/h4-8,19H,9H2,1-3H3. The Morgan fingerprint density at radius 1 is 1.20 bits per heavy atom. The fourth-order valence-electron chi connectivity index (χ4n) is 2.50. The Bertz CT molecular complexity index is 803. The molecule has 0 spiro atoms. The maximum Gasteiger partial charge on any atom is 0.350 e. The summed E-state index contributed by atoms with van der Waals surface area (Å²) in [7, 11) is 0. The minimum Gasteiger partial charge on any atom is -0.419 e. The molecule has 2 heterocycles. The molecule has 0 aliphatic carbocycles. The zero-order chi connectivity index (χ0) is 18.2. The molecule has 1 fully saturated rings. The fourth-order valence-corrected chi connectivity index (χ4v) is 2.50. The van der Waals surface area contributed by atoms with E-state index in [0.717, 1.165) is 0 Å². The smallest absolute Gasteiger partial charge is 0.350 e. The van der Waals surface area contributed by atoms with E-state index in [-0.39, 0.29) is 18.0 Å². The van der Waals surface area contributed by atoms with Gasteiger partial charge in [0.05, 0.1) is 5.69 Å². The largest absolute Gasteiger partial charge is 0.419 e. The minimum absolute atomic E-state index is 0.116. The number of hydrogen-bond acceptors (Lipinski definition) is 7. The number of ether oxygens (including phenoxy) is 2. The second kappa shape index (κ2) is 6.04. The summed E-state index contributed by atoms with van der Waals surface area (Å²) in [6.07, 6.45) is 1.23. The normalized spacial score (nSPS) is 19.3. The van der Waals surface area contributed by atoms with E-state index < -0.39 is 17.7 Å². The van der Waals surface area contributed by atoms with E-state index in [4.69, 9.17) is 9.47 Å². The molecule has 8 nitrogen and oxygen atoms in total. The Morgan fingerprint density at radius 3 is 2.48 bits per heavy atom. The molecule has 2 aliphatic rings. The van der Waals surface area contributed by atoms with Gasteiger partial charge in [-0.3, -0.25) is 14.7 Å². The van der Waals surface area contributed by atoms with Crippen molar-refractivity contribution < 1.29 is 23.9 Å². The zero-order valence-corrected chi connectivity index (χ0v) is 14.0. The van der Waals surface area contributed by atoms with Gasteiger partial charge in [-0.1, -0.05) is 6.07 Å². The molecule has 3 rings (SSSR count). The first-order valence-electron chi connectivity index (χ1n) is 7.64. The lowest BCUT2D eigenvalue weighted by molar-refractivity contribution is -0.222. The van der Waals surface area contributed by atoms with Gasteiger partial charge in [-0.15, -0.1) is 0 Å². The molecule has 1 amide bonds. The quantitative estimate of drug-likeness (QED) is 0.508. The number of anilines is 2. The van der Waals surface area contributed by atoms with Crippen LogP contribution in [-0.2, 0) is 23.9 Å². The Morgan fingerprint density at radius 2 is 1.88 bits per heavy atom. The van der Waals surface area contributed by atoms with E-state index in [1.165, 1.54) is 24.9 Å². The third-order valence-electron chi connectivity index (χ3n) is 3.62. The van der Waals surface area contributed by atoms with E-state index in [1.54, 1.807) is 31.2 Å². The zero-order valence-electron chi connectivity index (χ0n) is 14.0. The Hall–Kier alpha value is -3.16. The number of amides is 1. The minimum atomic E-state index is -1.28. The summed E-state index contributed by atoms with van der Waals surface area (Å²) in [5.41, 5.74) is 0.990. The molecule has 8 heteroatoms. The molecule has 1 aromatic rings. The third kappa shape index (κ3) is 3.37. The SMILES string of the molecule is CC1=NCC(=O)N1c1cccc(NC=C2C(=O)OC(C)(C)OC2=O)c1. The molecule has 0 saturated carbocycles. The van der Waals surface area contributed by atoms with Crippen molar-refractivity contribution in [3.63, 3.8) is 0 Å². The van der Waals surface area contributed by atoms with Gasteiger partial charge in [0.15, 0.2) is 5.57 Å². The van der Waals surface area contributed by atoms with Crippen molar-refractivity contribution >= 4 is 35.1 Å². The van der Waals surface area contributed by atoms with E-state index in [9.17, 15) is 14.4 Å². The second-order valence-corrected chi connectivity index (χ2v) is 6.02. The average Bonchev–Trinajstić information content (AvgIpc) is 2.84. The molecule has 1 N–H and O–H groups in total. The molecular formula is C17H17N3O5. The van der Waals surface area contributed by atoms with Crippen LogP contribution in [0.15, 0.2) is 41.0 Å². The molecule has 130 valence electrons. The van der Waals surface area contributed by atoms with Crippen LogP contribution in [0.4, 0.5) is 11.4 Å². The van der Waals surface area contributed by atoms with Crippen molar-refractivity contribution in [3.05, 3.63) is 36.0 Å². The molecule has 0 radical (unpaired) electrons. The summed E-state index contributed by atoms with van der Waals surface area (Å²) < 4.78 is 10.0. The maximum absolute atomic E-state index is 11.9. The fraction of sp³-hybridized carbons (Fsp3) is 0.294. The van der Waals surface area contributed by atoms with Crippen LogP contribution in [0.1, 0.15) is 20.8 Å². The van der Waals surface area contributed by atoms with Crippen LogP contribution in [-0.4, -0.2) is 36.0 Å². The summed E-state index contributed by atoms with van der Waals surface area (Å²) in [6, 6.07) is 6.96. The van der Waals surface area contributed by atoms with Crippen molar-refractivity contribution in [3.8, 4) is 0 Å². The van der Waals surface area contributed by atoms with E-state index in [0.29, 0.717) is 17.2 Å². The lowest BCUT2D eigenvalue weighted by Crippen LogP contribution is -2.42. The van der Waals surface area contributed by atoms with Gasteiger partial charge in [0.1, 0.15) is 12.4 Å². The number of carbonyl (C=O) groups is 3. The Labute approximate surface area is 144 Å². The molecule has 0 bridgehead atoms. The van der Waals surface area contributed by atoms with Gasteiger partial charge >= 0.3 is 11.9 Å². The number of nitrogens with one attached hydrogen (secondary N) is 1. The van der Waals surface area contributed by atoms with Crippen LogP contribution >= 0.6 is 0 Å². The van der Waals surface area contributed by atoms with Crippen molar-refractivity contribution in [1.29, 1.82) is 0 Å². The van der Waals surface area contributed by atoms with Crippen molar-refractivity contribution in [2.75, 3.05) is 16.8 Å². The van der Waals surface area contributed by atoms with Crippen LogP contribution < -0.4 is 10.2 Å².